The zero-order valence-electron chi connectivity index (χ0n) is 7.01. The predicted molar refractivity (Wildman–Crippen MR) is 56.2 cm³/mol. The van der Waals surface area contributed by atoms with Crippen molar-refractivity contribution in [2.24, 2.45) is 5.73 Å². The lowest BCUT2D eigenvalue weighted by Gasteiger charge is -2.02. The molecule has 1 aromatic rings. The average molecular weight is 206 g/mol. The summed E-state index contributed by atoms with van der Waals surface area (Å²) in [5.41, 5.74) is 7.80. The minimum Gasteiger partial charge on any atom is -0.330 e. The number of rotatable bonds is 2. The van der Waals surface area contributed by atoms with Crippen LogP contribution in [0.5, 0.6) is 0 Å². The first-order chi connectivity index (χ1) is 5.24. The smallest absolute Gasteiger partial charge is 0.0438 e. The molecular weight excluding hydrogens is 193 g/mol. The highest BCUT2D eigenvalue weighted by Crippen LogP contribution is 2.17. The number of nitrogens with two attached hydrogens (primary N) is 1. The SMILES string of the molecule is Cc1ccc(Cl)c(CCN)c1.Cl. The van der Waals surface area contributed by atoms with Crippen LogP contribution in [0.2, 0.25) is 5.02 Å². The topological polar surface area (TPSA) is 26.0 Å². The molecule has 0 aromatic heterocycles. The van der Waals surface area contributed by atoms with E-state index in [1.807, 2.05) is 12.1 Å². The Morgan fingerprint density at radius 2 is 2.08 bits per heavy atom. The molecule has 3 heteroatoms. The molecule has 1 nitrogen and oxygen atoms in total. The molecule has 0 aliphatic heterocycles. The monoisotopic (exact) mass is 205 g/mol. The summed E-state index contributed by atoms with van der Waals surface area (Å²) in [5, 5.41) is 0.820. The van der Waals surface area contributed by atoms with E-state index in [9.17, 15) is 0 Å². The fourth-order valence-corrected chi connectivity index (χ4v) is 1.26. The van der Waals surface area contributed by atoms with Crippen LogP contribution in [0.15, 0.2) is 18.2 Å². The molecule has 2 N–H and O–H groups in total. The summed E-state index contributed by atoms with van der Waals surface area (Å²) in [6.07, 6.45) is 0.862. The molecule has 0 fully saturated rings. The third-order valence-electron chi connectivity index (χ3n) is 1.61. The normalized spacial score (nSPS) is 9.25. The minimum atomic E-state index is 0. The summed E-state index contributed by atoms with van der Waals surface area (Å²) >= 11 is 5.92. The van der Waals surface area contributed by atoms with Gasteiger partial charge < -0.3 is 5.73 Å². The first-order valence-corrected chi connectivity index (χ1v) is 4.07. The first-order valence-electron chi connectivity index (χ1n) is 3.69. The van der Waals surface area contributed by atoms with Gasteiger partial charge in [0.1, 0.15) is 0 Å². The number of hydrogen-bond acceptors (Lipinski definition) is 1. The van der Waals surface area contributed by atoms with Gasteiger partial charge in [-0.2, -0.15) is 0 Å². The molecule has 0 bridgehead atoms. The molecule has 0 aliphatic carbocycles. The summed E-state index contributed by atoms with van der Waals surface area (Å²) in [6.45, 7) is 2.71. The Morgan fingerprint density at radius 1 is 1.42 bits per heavy atom. The van der Waals surface area contributed by atoms with Gasteiger partial charge in [-0.25, -0.2) is 0 Å². The second kappa shape index (κ2) is 5.41. The van der Waals surface area contributed by atoms with Crippen molar-refractivity contribution in [3.63, 3.8) is 0 Å². The quantitative estimate of drug-likeness (QED) is 0.790. The van der Waals surface area contributed by atoms with E-state index in [1.165, 1.54) is 5.56 Å². The predicted octanol–water partition coefficient (Wildman–Crippen LogP) is 2.57. The second-order valence-electron chi connectivity index (χ2n) is 2.63. The molecule has 0 saturated heterocycles. The molecule has 0 radical (unpaired) electrons. The van der Waals surface area contributed by atoms with Gasteiger partial charge in [0.25, 0.3) is 0 Å². The Hall–Kier alpha value is -0.240. The Morgan fingerprint density at radius 3 is 2.67 bits per heavy atom. The van der Waals surface area contributed by atoms with Gasteiger partial charge in [-0.15, -0.1) is 12.4 Å². The van der Waals surface area contributed by atoms with Crippen molar-refractivity contribution in [2.75, 3.05) is 6.54 Å². The summed E-state index contributed by atoms with van der Waals surface area (Å²) in [6, 6.07) is 6.00. The molecule has 1 aromatic carbocycles. The van der Waals surface area contributed by atoms with Crippen LogP contribution < -0.4 is 5.73 Å². The zero-order valence-corrected chi connectivity index (χ0v) is 8.58. The van der Waals surface area contributed by atoms with Crippen LogP contribution in [-0.2, 0) is 6.42 Å². The average Bonchev–Trinajstić information content (AvgIpc) is 1.98. The lowest BCUT2D eigenvalue weighted by atomic mass is 10.1. The van der Waals surface area contributed by atoms with Crippen LogP contribution in [0.4, 0.5) is 0 Å². The molecule has 0 heterocycles. The molecule has 0 spiro atoms. The lowest BCUT2D eigenvalue weighted by molar-refractivity contribution is 0.967. The zero-order chi connectivity index (χ0) is 8.27. The maximum Gasteiger partial charge on any atom is 0.0438 e. The summed E-state index contributed by atoms with van der Waals surface area (Å²) in [5.74, 6) is 0. The molecule has 12 heavy (non-hydrogen) atoms. The molecule has 0 unspecified atom stereocenters. The highest BCUT2D eigenvalue weighted by Gasteiger charge is 1.97. The molecule has 0 atom stereocenters. The minimum absolute atomic E-state index is 0. The Labute approximate surface area is 84.3 Å². The van der Waals surface area contributed by atoms with Gasteiger partial charge in [0.15, 0.2) is 0 Å². The van der Waals surface area contributed by atoms with E-state index in [2.05, 4.69) is 13.0 Å². The Kier molecular flexibility index (Phi) is 5.31. The van der Waals surface area contributed by atoms with Crippen molar-refractivity contribution in [3.05, 3.63) is 34.3 Å². The fraction of sp³-hybridized carbons (Fsp3) is 0.333. The molecule has 0 saturated carbocycles. The van der Waals surface area contributed by atoms with E-state index >= 15 is 0 Å². The van der Waals surface area contributed by atoms with Crippen LogP contribution in [0, 0.1) is 6.92 Å². The number of benzene rings is 1. The van der Waals surface area contributed by atoms with Crippen molar-refractivity contribution in [3.8, 4) is 0 Å². The highest BCUT2D eigenvalue weighted by molar-refractivity contribution is 6.31. The van der Waals surface area contributed by atoms with Crippen molar-refractivity contribution in [1.82, 2.24) is 0 Å². The van der Waals surface area contributed by atoms with Gasteiger partial charge in [-0.05, 0) is 31.5 Å². The van der Waals surface area contributed by atoms with Gasteiger partial charge >= 0.3 is 0 Å². The van der Waals surface area contributed by atoms with Crippen LogP contribution >= 0.6 is 24.0 Å². The molecule has 0 amide bonds. The van der Waals surface area contributed by atoms with Gasteiger partial charge in [-0.1, -0.05) is 29.3 Å². The Bertz CT molecular complexity index is 248. The lowest BCUT2D eigenvalue weighted by Crippen LogP contribution is -2.03. The summed E-state index contributed by atoms with van der Waals surface area (Å²) in [7, 11) is 0. The maximum atomic E-state index is 5.92. The fourth-order valence-electron chi connectivity index (χ4n) is 1.05. The van der Waals surface area contributed by atoms with Crippen LogP contribution in [0.3, 0.4) is 0 Å². The van der Waals surface area contributed by atoms with E-state index in [1.54, 1.807) is 0 Å². The maximum absolute atomic E-state index is 5.92. The van der Waals surface area contributed by atoms with Crippen molar-refractivity contribution in [1.29, 1.82) is 0 Å². The first kappa shape index (κ1) is 11.8. The summed E-state index contributed by atoms with van der Waals surface area (Å²) in [4.78, 5) is 0. The standard InChI is InChI=1S/C9H12ClN.ClH/c1-7-2-3-9(10)8(6-7)4-5-11;/h2-3,6H,4-5,11H2,1H3;1H. The van der Waals surface area contributed by atoms with E-state index in [0.29, 0.717) is 6.54 Å². The number of aryl methyl sites for hydroxylation is 1. The number of hydrogen-bond donors (Lipinski definition) is 1. The molecule has 0 aliphatic rings. The summed E-state index contributed by atoms with van der Waals surface area (Å²) < 4.78 is 0. The van der Waals surface area contributed by atoms with Crippen LogP contribution in [-0.4, -0.2) is 6.54 Å². The molecule has 1 rings (SSSR count). The van der Waals surface area contributed by atoms with Crippen LogP contribution in [0.1, 0.15) is 11.1 Å². The third-order valence-corrected chi connectivity index (χ3v) is 1.98. The van der Waals surface area contributed by atoms with E-state index in [0.717, 1.165) is 17.0 Å². The molecular formula is C9H13Cl2N. The number of halogens is 2. The van der Waals surface area contributed by atoms with E-state index in [4.69, 9.17) is 17.3 Å². The van der Waals surface area contributed by atoms with Gasteiger partial charge in [0, 0.05) is 5.02 Å². The van der Waals surface area contributed by atoms with Gasteiger partial charge in [-0.3, -0.25) is 0 Å². The third kappa shape index (κ3) is 3.02. The van der Waals surface area contributed by atoms with Crippen molar-refractivity contribution in [2.45, 2.75) is 13.3 Å². The van der Waals surface area contributed by atoms with Crippen molar-refractivity contribution < 1.29 is 0 Å². The van der Waals surface area contributed by atoms with Crippen molar-refractivity contribution >= 4 is 24.0 Å². The Balaban J connectivity index is 0.00000121. The molecule has 68 valence electrons. The van der Waals surface area contributed by atoms with E-state index in [-0.39, 0.29) is 12.4 Å². The van der Waals surface area contributed by atoms with E-state index < -0.39 is 0 Å². The largest absolute Gasteiger partial charge is 0.330 e. The van der Waals surface area contributed by atoms with Gasteiger partial charge in [0.2, 0.25) is 0 Å². The van der Waals surface area contributed by atoms with Gasteiger partial charge in [0.05, 0.1) is 0 Å². The highest BCUT2D eigenvalue weighted by atomic mass is 35.5. The second-order valence-corrected chi connectivity index (χ2v) is 3.04. The van der Waals surface area contributed by atoms with Crippen LogP contribution in [0.25, 0.3) is 0 Å².